The van der Waals surface area contributed by atoms with Gasteiger partial charge in [0.15, 0.2) is 0 Å². The van der Waals surface area contributed by atoms with Crippen molar-refractivity contribution in [3.8, 4) is 0 Å². The third-order valence-electron chi connectivity index (χ3n) is 2.77. The maximum absolute atomic E-state index is 13.4. The van der Waals surface area contributed by atoms with E-state index in [4.69, 9.17) is 0 Å². The summed E-state index contributed by atoms with van der Waals surface area (Å²) < 4.78 is 13.4. The van der Waals surface area contributed by atoms with Gasteiger partial charge < -0.3 is 0 Å². The lowest BCUT2D eigenvalue weighted by Crippen LogP contribution is -2.04. The molecule has 2 heteroatoms. The van der Waals surface area contributed by atoms with Gasteiger partial charge >= 0.3 is 0 Å². The van der Waals surface area contributed by atoms with E-state index in [0.717, 1.165) is 18.4 Å². The van der Waals surface area contributed by atoms with Gasteiger partial charge in [0.25, 0.3) is 0 Å². The minimum Gasteiger partial charge on any atom is -0.207 e. The summed E-state index contributed by atoms with van der Waals surface area (Å²) in [5.74, 6) is -0.0829. The van der Waals surface area contributed by atoms with Crippen LogP contribution in [0.4, 0.5) is 4.39 Å². The molecule has 0 N–H and O–H groups in total. The Morgan fingerprint density at radius 2 is 1.94 bits per heavy atom. The van der Waals surface area contributed by atoms with Crippen LogP contribution >= 0.6 is 15.9 Å². The van der Waals surface area contributed by atoms with E-state index in [-0.39, 0.29) is 5.82 Å². The summed E-state index contributed by atoms with van der Waals surface area (Å²) in [4.78, 5) is 0.404. The van der Waals surface area contributed by atoms with E-state index in [0.29, 0.717) is 4.83 Å². The average molecular weight is 287 g/mol. The topological polar surface area (TPSA) is 0 Å². The number of alkyl halides is 1. The maximum Gasteiger partial charge on any atom is 0.126 e. The van der Waals surface area contributed by atoms with Crippen molar-refractivity contribution in [3.05, 3.63) is 35.6 Å². The molecule has 1 rings (SSSR count). The van der Waals surface area contributed by atoms with Crippen LogP contribution in [0.25, 0.3) is 0 Å². The summed E-state index contributed by atoms with van der Waals surface area (Å²) in [6, 6.07) is 7.04. The Hall–Kier alpha value is -0.370. The monoisotopic (exact) mass is 286 g/mol. The molecular weight excluding hydrogens is 267 g/mol. The lowest BCUT2D eigenvalue weighted by atomic mass is 10.0. The van der Waals surface area contributed by atoms with Crippen LogP contribution < -0.4 is 0 Å². The van der Waals surface area contributed by atoms with Crippen molar-refractivity contribution >= 4 is 15.9 Å². The Morgan fingerprint density at radius 3 is 2.62 bits per heavy atom. The highest BCUT2D eigenvalue weighted by Crippen LogP contribution is 2.18. The van der Waals surface area contributed by atoms with Gasteiger partial charge in [0.05, 0.1) is 0 Å². The molecule has 0 bridgehead atoms. The zero-order valence-electron chi connectivity index (χ0n) is 9.89. The predicted octanol–water partition coefficient (Wildman–Crippen LogP) is 5.10. The van der Waals surface area contributed by atoms with Gasteiger partial charge in [-0.05, 0) is 24.5 Å². The molecule has 0 aromatic heterocycles. The molecule has 90 valence electrons. The predicted molar refractivity (Wildman–Crippen MR) is 71.6 cm³/mol. The number of benzene rings is 1. The van der Waals surface area contributed by atoms with Gasteiger partial charge in [-0.3, -0.25) is 0 Å². The number of hydrogen-bond donors (Lipinski definition) is 0. The third kappa shape index (κ3) is 5.11. The van der Waals surface area contributed by atoms with Crippen LogP contribution in [0.1, 0.15) is 44.6 Å². The van der Waals surface area contributed by atoms with Crippen molar-refractivity contribution in [2.75, 3.05) is 0 Å². The first-order valence-electron chi connectivity index (χ1n) is 6.11. The summed E-state index contributed by atoms with van der Waals surface area (Å²) in [5.41, 5.74) is 0.819. The number of halogens is 2. The van der Waals surface area contributed by atoms with E-state index >= 15 is 0 Å². The Kier molecular flexibility index (Phi) is 6.70. The van der Waals surface area contributed by atoms with Crippen LogP contribution in [0.5, 0.6) is 0 Å². The summed E-state index contributed by atoms with van der Waals surface area (Å²) in [6.45, 7) is 2.21. The largest absolute Gasteiger partial charge is 0.207 e. The lowest BCUT2D eigenvalue weighted by molar-refractivity contribution is 0.589. The summed E-state index contributed by atoms with van der Waals surface area (Å²) in [6.07, 6.45) is 7.01. The molecule has 1 aromatic carbocycles. The van der Waals surface area contributed by atoms with Crippen molar-refractivity contribution in [2.24, 2.45) is 0 Å². The Morgan fingerprint density at radius 1 is 1.19 bits per heavy atom. The molecule has 0 saturated carbocycles. The highest BCUT2D eigenvalue weighted by atomic mass is 79.9. The molecule has 0 heterocycles. The zero-order chi connectivity index (χ0) is 11.8. The molecule has 0 saturated heterocycles. The molecule has 0 nitrogen and oxygen atoms in total. The molecule has 0 fully saturated rings. The normalized spacial score (nSPS) is 12.7. The van der Waals surface area contributed by atoms with Crippen molar-refractivity contribution in [1.29, 1.82) is 0 Å². The van der Waals surface area contributed by atoms with E-state index in [1.165, 1.54) is 31.7 Å². The van der Waals surface area contributed by atoms with E-state index in [9.17, 15) is 4.39 Å². The van der Waals surface area contributed by atoms with Crippen LogP contribution in [-0.2, 0) is 6.42 Å². The molecule has 16 heavy (non-hydrogen) atoms. The Bertz CT molecular complexity index is 299. The fourth-order valence-corrected chi connectivity index (χ4v) is 2.47. The van der Waals surface area contributed by atoms with Gasteiger partial charge in [0, 0.05) is 4.83 Å². The van der Waals surface area contributed by atoms with E-state index < -0.39 is 0 Å². The minimum absolute atomic E-state index is 0.0829. The molecule has 0 spiro atoms. The van der Waals surface area contributed by atoms with Crippen molar-refractivity contribution in [3.63, 3.8) is 0 Å². The fourth-order valence-electron chi connectivity index (χ4n) is 1.80. The van der Waals surface area contributed by atoms with Crippen molar-refractivity contribution in [2.45, 2.75) is 50.3 Å². The first kappa shape index (κ1) is 13.7. The van der Waals surface area contributed by atoms with E-state index in [1.54, 1.807) is 6.07 Å². The molecule has 0 aliphatic rings. The van der Waals surface area contributed by atoms with Gasteiger partial charge in [-0.2, -0.15) is 0 Å². The molecular formula is C14H20BrF. The Balaban J connectivity index is 2.28. The first-order chi connectivity index (χ1) is 7.74. The molecule has 0 radical (unpaired) electrons. The molecule has 0 aliphatic carbocycles. The van der Waals surface area contributed by atoms with E-state index in [2.05, 4.69) is 22.9 Å². The summed E-state index contributed by atoms with van der Waals surface area (Å²) in [7, 11) is 0. The maximum atomic E-state index is 13.4. The van der Waals surface area contributed by atoms with Crippen molar-refractivity contribution < 1.29 is 4.39 Å². The van der Waals surface area contributed by atoms with Gasteiger partial charge in [0.2, 0.25) is 0 Å². The van der Waals surface area contributed by atoms with E-state index in [1.807, 2.05) is 12.1 Å². The quantitative estimate of drug-likeness (QED) is 0.483. The molecule has 1 aromatic rings. The minimum atomic E-state index is -0.0829. The highest BCUT2D eigenvalue weighted by Gasteiger charge is 2.08. The number of unbranched alkanes of at least 4 members (excludes halogenated alkanes) is 3. The van der Waals surface area contributed by atoms with Gasteiger partial charge in [-0.1, -0.05) is 66.7 Å². The molecule has 0 aliphatic heterocycles. The summed E-state index contributed by atoms with van der Waals surface area (Å²) in [5, 5.41) is 0. The van der Waals surface area contributed by atoms with Gasteiger partial charge in [-0.25, -0.2) is 4.39 Å². The van der Waals surface area contributed by atoms with Crippen molar-refractivity contribution in [1.82, 2.24) is 0 Å². The van der Waals surface area contributed by atoms with Crippen LogP contribution in [-0.4, -0.2) is 4.83 Å². The second kappa shape index (κ2) is 7.83. The SMILES string of the molecule is CCCCCCC(Br)Cc1ccccc1F. The zero-order valence-corrected chi connectivity index (χ0v) is 11.5. The Labute approximate surface area is 106 Å². The molecule has 1 unspecified atom stereocenters. The second-order valence-electron chi connectivity index (χ2n) is 4.24. The summed E-state index contributed by atoms with van der Waals surface area (Å²) >= 11 is 3.63. The first-order valence-corrected chi connectivity index (χ1v) is 7.03. The third-order valence-corrected chi connectivity index (χ3v) is 3.55. The lowest BCUT2D eigenvalue weighted by Gasteiger charge is -2.10. The number of hydrogen-bond acceptors (Lipinski definition) is 0. The smallest absolute Gasteiger partial charge is 0.126 e. The number of rotatable bonds is 7. The van der Waals surface area contributed by atoms with Gasteiger partial charge in [0.1, 0.15) is 5.82 Å². The van der Waals surface area contributed by atoms with Crippen LogP contribution in [0.3, 0.4) is 0 Å². The van der Waals surface area contributed by atoms with Gasteiger partial charge in [-0.15, -0.1) is 0 Å². The highest BCUT2D eigenvalue weighted by molar-refractivity contribution is 9.09. The average Bonchev–Trinajstić information content (AvgIpc) is 2.28. The molecule has 0 amide bonds. The second-order valence-corrected chi connectivity index (χ2v) is 5.54. The van der Waals surface area contributed by atoms with Crippen LogP contribution in [0.15, 0.2) is 24.3 Å². The standard InChI is InChI=1S/C14H20BrF/c1-2-3-4-5-9-13(15)11-12-8-6-7-10-14(12)16/h6-8,10,13H,2-5,9,11H2,1H3. The fraction of sp³-hybridized carbons (Fsp3) is 0.571. The van der Waals surface area contributed by atoms with Crippen LogP contribution in [0, 0.1) is 5.82 Å². The molecule has 1 atom stereocenters. The van der Waals surface area contributed by atoms with Crippen LogP contribution in [0.2, 0.25) is 0 Å².